The van der Waals surface area contributed by atoms with Gasteiger partial charge in [0.05, 0.1) is 19.3 Å². The minimum Gasteiger partial charge on any atom is -0.374 e. The van der Waals surface area contributed by atoms with Crippen molar-refractivity contribution in [2.45, 2.75) is 18.9 Å². The van der Waals surface area contributed by atoms with Crippen LogP contribution in [0.25, 0.3) is 0 Å². The molecular weight excluding hydrogens is 278 g/mol. The van der Waals surface area contributed by atoms with Crippen molar-refractivity contribution in [3.8, 4) is 0 Å². The van der Waals surface area contributed by atoms with Gasteiger partial charge in [0.1, 0.15) is 0 Å². The lowest BCUT2D eigenvalue weighted by Crippen LogP contribution is -2.46. The van der Waals surface area contributed by atoms with E-state index in [-0.39, 0.29) is 12.0 Å². The summed E-state index contributed by atoms with van der Waals surface area (Å²) in [7, 11) is 2.09. The van der Waals surface area contributed by atoms with Crippen LogP contribution in [-0.2, 0) is 16.0 Å². The Morgan fingerprint density at radius 1 is 1.36 bits per heavy atom. The van der Waals surface area contributed by atoms with E-state index >= 15 is 0 Å². The van der Waals surface area contributed by atoms with Gasteiger partial charge >= 0.3 is 0 Å². The Balaban J connectivity index is 1.49. The van der Waals surface area contributed by atoms with E-state index in [0.29, 0.717) is 6.54 Å². The Hall–Kier alpha value is -1.43. The zero-order valence-electron chi connectivity index (χ0n) is 13.4. The molecule has 0 bridgehead atoms. The van der Waals surface area contributed by atoms with Crippen LogP contribution in [0, 0.1) is 0 Å². The van der Waals surface area contributed by atoms with Gasteiger partial charge in [0.15, 0.2) is 0 Å². The third-order valence-electron chi connectivity index (χ3n) is 3.81. The molecule has 1 atom stereocenters. The number of amides is 1. The Morgan fingerprint density at radius 2 is 2.18 bits per heavy atom. The molecule has 0 unspecified atom stereocenters. The number of likely N-dealkylation sites (N-methyl/N-ethyl adjacent to an activating group) is 1. The second-order valence-electron chi connectivity index (χ2n) is 5.83. The Bertz CT molecular complexity index is 439. The number of carbonyl (C=O) groups excluding carboxylic acids is 1. The highest BCUT2D eigenvalue weighted by Crippen LogP contribution is 2.02. The lowest BCUT2D eigenvalue weighted by atomic mass is 10.1. The summed E-state index contributed by atoms with van der Waals surface area (Å²) in [6, 6.07) is 10.3. The molecule has 0 aliphatic carbocycles. The number of morpholine rings is 1. The van der Waals surface area contributed by atoms with Gasteiger partial charge in [-0.3, -0.25) is 4.79 Å². The third-order valence-corrected chi connectivity index (χ3v) is 3.81. The summed E-state index contributed by atoms with van der Waals surface area (Å²) >= 11 is 0. The summed E-state index contributed by atoms with van der Waals surface area (Å²) < 4.78 is 5.64. The monoisotopic (exact) mass is 305 g/mol. The van der Waals surface area contributed by atoms with E-state index in [9.17, 15) is 4.79 Å². The van der Waals surface area contributed by atoms with Crippen LogP contribution in [0.2, 0.25) is 0 Å². The molecule has 22 heavy (non-hydrogen) atoms. The maximum atomic E-state index is 11.7. The third kappa shape index (κ3) is 6.56. The molecule has 122 valence electrons. The molecule has 1 saturated heterocycles. The van der Waals surface area contributed by atoms with Crippen LogP contribution >= 0.6 is 0 Å². The highest BCUT2D eigenvalue weighted by molar-refractivity contribution is 5.77. The van der Waals surface area contributed by atoms with Gasteiger partial charge in [-0.25, -0.2) is 0 Å². The summed E-state index contributed by atoms with van der Waals surface area (Å²) in [6.45, 7) is 4.48. The van der Waals surface area contributed by atoms with Crippen LogP contribution in [0.4, 0.5) is 0 Å². The molecular formula is C17H27N3O2. The fourth-order valence-corrected chi connectivity index (χ4v) is 2.56. The van der Waals surface area contributed by atoms with Gasteiger partial charge in [0, 0.05) is 26.2 Å². The minimum absolute atomic E-state index is 0.0530. The fraction of sp³-hybridized carbons (Fsp3) is 0.588. The summed E-state index contributed by atoms with van der Waals surface area (Å²) in [6.07, 6.45) is 2.15. The van der Waals surface area contributed by atoms with Crippen LogP contribution < -0.4 is 10.6 Å². The van der Waals surface area contributed by atoms with E-state index in [1.54, 1.807) is 0 Å². The van der Waals surface area contributed by atoms with Crippen LogP contribution in [0.15, 0.2) is 30.3 Å². The van der Waals surface area contributed by atoms with Crippen molar-refractivity contribution in [2.24, 2.45) is 0 Å². The molecule has 1 aromatic rings. The molecule has 0 aromatic heterocycles. The molecule has 0 spiro atoms. The number of rotatable bonds is 8. The number of benzene rings is 1. The van der Waals surface area contributed by atoms with Gasteiger partial charge in [-0.15, -0.1) is 0 Å². The lowest BCUT2D eigenvalue weighted by molar-refractivity contribution is -0.120. The van der Waals surface area contributed by atoms with Gasteiger partial charge in [-0.1, -0.05) is 30.3 Å². The number of ether oxygens (including phenoxy) is 1. The standard InChI is InChI=1S/C17H27N3O2/c1-20-10-11-22-16(14-20)12-18-13-17(21)19-9-5-8-15-6-3-2-4-7-15/h2-4,6-7,16,18H,5,8-14H2,1H3,(H,19,21)/t16-/m0/s1. The second kappa shape index (κ2) is 9.56. The summed E-state index contributed by atoms with van der Waals surface area (Å²) in [5, 5.41) is 6.12. The van der Waals surface area contributed by atoms with Crippen LogP contribution in [-0.4, -0.2) is 63.3 Å². The minimum atomic E-state index is 0.0530. The number of aryl methyl sites for hydroxylation is 1. The molecule has 5 heteroatoms. The first-order valence-electron chi connectivity index (χ1n) is 8.05. The van der Waals surface area contributed by atoms with Crippen LogP contribution in [0.5, 0.6) is 0 Å². The predicted octanol–water partition coefficient (Wildman–Crippen LogP) is 0.656. The van der Waals surface area contributed by atoms with E-state index in [0.717, 1.165) is 45.6 Å². The highest BCUT2D eigenvalue weighted by Gasteiger charge is 2.17. The van der Waals surface area contributed by atoms with Crippen molar-refractivity contribution >= 4 is 5.91 Å². The van der Waals surface area contributed by atoms with Crippen molar-refractivity contribution in [2.75, 3.05) is 46.4 Å². The first kappa shape index (κ1) is 16.9. The largest absolute Gasteiger partial charge is 0.374 e. The van der Waals surface area contributed by atoms with Crippen molar-refractivity contribution in [3.05, 3.63) is 35.9 Å². The van der Waals surface area contributed by atoms with Crippen molar-refractivity contribution < 1.29 is 9.53 Å². The molecule has 0 saturated carbocycles. The van der Waals surface area contributed by atoms with E-state index in [4.69, 9.17) is 4.74 Å². The van der Waals surface area contributed by atoms with Crippen LogP contribution in [0.3, 0.4) is 0 Å². The average molecular weight is 305 g/mol. The van der Waals surface area contributed by atoms with Crippen molar-refractivity contribution in [1.82, 2.24) is 15.5 Å². The van der Waals surface area contributed by atoms with Gasteiger partial charge in [-0.2, -0.15) is 0 Å². The average Bonchev–Trinajstić information content (AvgIpc) is 2.53. The molecule has 1 heterocycles. The summed E-state index contributed by atoms with van der Waals surface area (Å²) in [4.78, 5) is 14.0. The van der Waals surface area contributed by atoms with Crippen molar-refractivity contribution in [1.29, 1.82) is 0 Å². The zero-order valence-corrected chi connectivity index (χ0v) is 13.4. The SMILES string of the molecule is CN1CCO[C@@H](CNCC(=O)NCCCc2ccccc2)C1. The Kier molecular flexibility index (Phi) is 7.36. The van der Waals surface area contributed by atoms with E-state index in [1.165, 1.54) is 5.56 Å². The van der Waals surface area contributed by atoms with Gasteiger partial charge in [-0.05, 0) is 25.5 Å². The fourth-order valence-electron chi connectivity index (χ4n) is 2.56. The van der Waals surface area contributed by atoms with Crippen LogP contribution in [0.1, 0.15) is 12.0 Å². The number of carbonyl (C=O) groups is 1. The second-order valence-corrected chi connectivity index (χ2v) is 5.83. The van der Waals surface area contributed by atoms with Crippen molar-refractivity contribution in [3.63, 3.8) is 0 Å². The Labute approximate surface area is 133 Å². The first-order chi connectivity index (χ1) is 10.7. The van der Waals surface area contributed by atoms with E-state index in [2.05, 4.69) is 34.7 Å². The number of nitrogens with zero attached hydrogens (tertiary/aromatic N) is 1. The zero-order chi connectivity index (χ0) is 15.6. The normalized spacial score (nSPS) is 19.0. The molecule has 1 aromatic carbocycles. The molecule has 2 rings (SSSR count). The smallest absolute Gasteiger partial charge is 0.233 e. The number of hydrogen-bond acceptors (Lipinski definition) is 4. The molecule has 5 nitrogen and oxygen atoms in total. The molecule has 1 fully saturated rings. The summed E-state index contributed by atoms with van der Waals surface area (Å²) in [5.41, 5.74) is 1.31. The maximum Gasteiger partial charge on any atom is 0.233 e. The molecule has 1 aliphatic heterocycles. The van der Waals surface area contributed by atoms with E-state index in [1.807, 2.05) is 18.2 Å². The highest BCUT2D eigenvalue weighted by atomic mass is 16.5. The molecule has 0 radical (unpaired) electrons. The number of hydrogen-bond donors (Lipinski definition) is 2. The Morgan fingerprint density at radius 3 is 2.95 bits per heavy atom. The predicted molar refractivity (Wildman–Crippen MR) is 87.9 cm³/mol. The van der Waals surface area contributed by atoms with Gasteiger partial charge < -0.3 is 20.3 Å². The summed E-state index contributed by atoms with van der Waals surface area (Å²) in [5.74, 6) is 0.0530. The van der Waals surface area contributed by atoms with E-state index < -0.39 is 0 Å². The van der Waals surface area contributed by atoms with Gasteiger partial charge in [0.2, 0.25) is 5.91 Å². The molecule has 2 N–H and O–H groups in total. The first-order valence-corrected chi connectivity index (χ1v) is 8.05. The topological polar surface area (TPSA) is 53.6 Å². The lowest BCUT2D eigenvalue weighted by Gasteiger charge is -2.30. The molecule has 1 amide bonds. The maximum absolute atomic E-state index is 11.7. The molecule has 1 aliphatic rings. The quantitative estimate of drug-likeness (QED) is 0.693. The van der Waals surface area contributed by atoms with Gasteiger partial charge in [0.25, 0.3) is 0 Å². The number of nitrogens with one attached hydrogen (secondary N) is 2.